The summed E-state index contributed by atoms with van der Waals surface area (Å²) in [4.78, 5) is 52.3. The fourth-order valence-corrected chi connectivity index (χ4v) is 7.12. The third-order valence-corrected chi connectivity index (χ3v) is 9.61. The number of carbonyl (C=O) groups is 4. The maximum absolute atomic E-state index is 13.2. The first-order chi connectivity index (χ1) is 19.3. The fourth-order valence-electron chi connectivity index (χ4n) is 6.54. The van der Waals surface area contributed by atoms with Crippen molar-refractivity contribution >= 4 is 33.9 Å². The molecule has 4 aliphatic rings. The molecule has 0 aromatic heterocycles. The predicted octanol–water partition coefficient (Wildman–Crippen LogP) is 0.205. The van der Waals surface area contributed by atoms with Gasteiger partial charge >= 0.3 is 6.09 Å². The highest BCUT2D eigenvalue weighted by Crippen LogP contribution is 2.44. The minimum absolute atomic E-state index is 0.0310. The molecule has 4 amide bonds. The van der Waals surface area contributed by atoms with Gasteiger partial charge in [-0.3, -0.25) is 14.4 Å². The Bertz CT molecular complexity index is 1140. The van der Waals surface area contributed by atoms with E-state index in [0.717, 1.165) is 12.8 Å². The molecule has 230 valence electrons. The molecular formula is C27H41N4O9S-. The van der Waals surface area contributed by atoms with Crippen molar-refractivity contribution in [1.82, 2.24) is 20.9 Å². The second-order valence-corrected chi connectivity index (χ2v) is 13.7. The smallest absolute Gasteiger partial charge is 0.407 e. The summed E-state index contributed by atoms with van der Waals surface area (Å²) in [6.07, 6.45) is 6.99. The molecule has 0 aromatic rings. The van der Waals surface area contributed by atoms with Gasteiger partial charge < -0.3 is 35.2 Å². The molecule has 2 aliphatic heterocycles. The van der Waals surface area contributed by atoms with E-state index < -0.39 is 45.6 Å². The van der Waals surface area contributed by atoms with Gasteiger partial charge in [0, 0.05) is 25.4 Å². The van der Waals surface area contributed by atoms with Crippen molar-refractivity contribution in [2.75, 3.05) is 19.7 Å². The summed E-state index contributed by atoms with van der Waals surface area (Å²) in [5.74, 6) is -0.439. The maximum atomic E-state index is 13.2. The summed E-state index contributed by atoms with van der Waals surface area (Å²) >= 11 is 0. The summed E-state index contributed by atoms with van der Waals surface area (Å²) in [6, 6.07) is -2.97. The highest BCUT2D eigenvalue weighted by Gasteiger charge is 2.41. The van der Waals surface area contributed by atoms with Gasteiger partial charge in [-0.05, 0) is 62.2 Å². The summed E-state index contributed by atoms with van der Waals surface area (Å²) in [5.41, 5.74) is -2.47. The van der Waals surface area contributed by atoms with Gasteiger partial charge in [0.2, 0.25) is 17.7 Å². The van der Waals surface area contributed by atoms with E-state index in [-0.39, 0.29) is 43.2 Å². The highest BCUT2D eigenvalue weighted by molar-refractivity contribution is 7.86. The molecule has 4 rings (SSSR count). The molecule has 2 saturated heterocycles. The number of fused-ring (bicyclic) bond motifs is 2. The highest BCUT2D eigenvalue weighted by atomic mass is 32.2. The lowest BCUT2D eigenvalue weighted by Gasteiger charge is -2.30. The van der Waals surface area contributed by atoms with Crippen LogP contribution in [0.25, 0.3) is 0 Å². The molecular weight excluding hydrogens is 556 g/mol. The zero-order chi connectivity index (χ0) is 29.9. The fraction of sp³-hybridized carbons (Fsp3) is 0.778. The topological polar surface area (TPSA) is 194 Å². The van der Waals surface area contributed by atoms with Crippen molar-refractivity contribution in [3.63, 3.8) is 0 Å². The Kier molecular flexibility index (Phi) is 9.96. The van der Waals surface area contributed by atoms with E-state index >= 15 is 0 Å². The van der Waals surface area contributed by atoms with Crippen molar-refractivity contribution in [3.05, 3.63) is 12.2 Å². The van der Waals surface area contributed by atoms with E-state index in [1.54, 1.807) is 4.90 Å². The number of alkyl carbamates (subject to hydrolysis) is 1. The number of rotatable bonds is 13. The molecule has 0 spiro atoms. The summed E-state index contributed by atoms with van der Waals surface area (Å²) in [7, 11) is -5.21. The minimum Gasteiger partial charge on any atom is -0.746 e. The van der Waals surface area contributed by atoms with Gasteiger partial charge in [-0.15, -0.1) is 0 Å². The quantitative estimate of drug-likeness (QED) is 0.169. The van der Waals surface area contributed by atoms with E-state index in [0.29, 0.717) is 50.1 Å². The van der Waals surface area contributed by atoms with Gasteiger partial charge in [0.15, 0.2) is 5.44 Å². The third kappa shape index (κ3) is 7.98. The molecule has 13 nitrogen and oxygen atoms in total. The number of aliphatic hydroxyl groups excluding tert-OH is 1. The van der Waals surface area contributed by atoms with Crippen LogP contribution in [0.3, 0.4) is 0 Å². The predicted molar refractivity (Wildman–Crippen MR) is 145 cm³/mol. The van der Waals surface area contributed by atoms with E-state index in [9.17, 15) is 37.3 Å². The van der Waals surface area contributed by atoms with Crippen molar-refractivity contribution in [2.24, 2.45) is 29.6 Å². The lowest BCUT2D eigenvalue weighted by Crippen LogP contribution is -2.55. The molecule has 0 aromatic carbocycles. The molecule has 3 fully saturated rings. The van der Waals surface area contributed by atoms with Gasteiger partial charge in [-0.2, -0.15) is 0 Å². The van der Waals surface area contributed by atoms with Crippen LogP contribution in [0.1, 0.15) is 58.8 Å². The average Bonchev–Trinajstić information content (AvgIpc) is 3.68. The number of carbonyl (C=O) groups excluding carboxylic acids is 4. The minimum atomic E-state index is -5.21. The van der Waals surface area contributed by atoms with Gasteiger partial charge in [0.1, 0.15) is 22.8 Å². The SMILES string of the molecule is CC(C)C[C@H](NC(=O)OC[C@@H]1CCC(=O)N1C[C@H]1C[C@@H]2C=C[C@H]1C2)C(=O)N[C@@H](C[C@@H]1CCNC1=O)C(O)S(=O)(=O)[O-]. The van der Waals surface area contributed by atoms with Crippen molar-refractivity contribution in [2.45, 2.75) is 82.4 Å². The average molecular weight is 598 g/mol. The molecule has 8 atom stereocenters. The second kappa shape index (κ2) is 13.1. The molecule has 1 saturated carbocycles. The Labute approximate surface area is 240 Å². The van der Waals surface area contributed by atoms with Crippen LogP contribution in [-0.4, -0.2) is 90.0 Å². The van der Waals surface area contributed by atoms with Crippen LogP contribution < -0.4 is 16.0 Å². The molecule has 2 bridgehead atoms. The van der Waals surface area contributed by atoms with E-state index in [4.69, 9.17) is 4.74 Å². The summed E-state index contributed by atoms with van der Waals surface area (Å²) < 4.78 is 40.1. The third-order valence-electron chi connectivity index (χ3n) is 8.69. The Morgan fingerprint density at radius 3 is 2.54 bits per heavy atom. The van der Waals surface area contributed by atoms with Crippen molar-refractivity contribution < 1.29 is 42.0 Å². The van der Waals surface area contributed by atoms with Crippen LogP contribution in [0, 0.1) is 29.6 Å². The van der Waals surface area contributed by atoms with E-state index in [1.165, 1.54) is 0 Å². The number of likely N-dealkylation sites (tertiary alicyclic amines) is 1. The zero-order valence-electron chi connectivity index (χ0n) is 23.5. The number of hydrogen-bond donors (Lipinski definition) is 4. The van der Waals surface area contributed by atoms with Crippen LogP contribution in [0.5, 0.6) is 0 Å². The number of allylic oxidation sites excluding steroid dienone is 2. The summed E-state index contributed by atoms with van der Waals surface area (Å²) in [5, 5.41) is 17.6. The number of aliphatic hydroxyl groups is 1. The second-order valence-electron chi connectivity index (χ2n) is 12.2. The van der Waals surface area contributed by atoms with Gasteiger partial charge in [-0.1, -0.05) is 26.0 Å². The molecule has 0 radical (unpaired) electrons. The van der Waals surface area contributed by atoms with Crippen LogP contribution in [-0.2, 0) is 29.2 Å². The van der Waals surface area contributed by atoms with Gasteiger partial charge in [0.25, 0.3) is 0 Å². The molecule has 2 aliphatic carbocycles. The normalized spacial score (nSPS) is 29.5. The number of ether oxygens (including phenoxy) is 1. The lowest BCUT2D eigenvalue weighted by atomic mass is 9.93. The van der Waals surface area contributed by atoms with Crippen LogP contribution in [0.15, 0.2) is 12.2 Å². The Morgan fingerprint density at radius 2 is 1.95 bits per heavy atom. The first-order valence-electron chi connectivity index (χ1n) is 14.4. The van der Waals surface area contributed by atoms with Gasteiger partial charge in [0.05, 0.1) is 12.1 Å². The summed E-state index contributed by atoms with van der Waals surface area (Å²) in [6.45, 7) is 4.59. The van der Waals surface area contributed by atoms with Crippen molar-refractivity contribution in [1.29, 1.82) is 0 Å². The first-order valence-corrected chi connectivity index (χ1v) is 15.9. The molecule has 4 N–H and O–H groups in total. The number of hydrogen-bond acceptors (Lipinski definition) is 9. The Balaban J connectivity index is 1.34. The van der Waals surface area contributed by atoms with Crippen LogP contribution in [0.4, 0.5) is 4.79 Å². The number of nitrogens with one attached hydrogen (secondary N) is 3. The number of nitrogens with zero attached hydrogens (tertiary/aromatic N) is 1. The van der Waals surface area contributed by atoms with Gasteiger partial charge in [-0.25, -0.2) is 13.2 Å². The van der Waals surface area contributed by atoms with E-state index in [2.05, 4.69) is 28.1 Å². The largest absolute Gasteiger partial charge is 0.746 e. The first kappa shape index (κ1) is 31.2. The molecule has 41 heavy (non-hydrogen) atoms. The maximum Gasteiger partial charge on any atom is 0.407 e. The number of amides is 4. The molecule has 1 unspecified atom stereocenters. The Hall–Kier alpha value is -2.71. The zero-order valence-corrected chi connectivity index (χ0v) is 24.3. The standard InChI is InChI=1S/C27H42N4O9S/c1-15(2)9-21(25(34)29-22(26(35)41(37,38)39)12-18-7-8-28-24(18)33)30-27(36)40-14-20-5-6-23(32)31(20)13-19-11-16-3-4-17(19)10-16/h3-4,15-22,26,35H,5-14H2,1-2H3,(H,28,33)(H,29,34)(H,30,36)(H,37,38,39)/p-1/t16-,17+,18+,19-,20+,21+,22+,26?/m1/s1. The monoisotopic (exact) mass is 597 g/mol. The van der Waals surface area contributed by atoms with Crippen LogP contribution >= 0.6 is 0 Å². The van der Waals surface area contributed by atoms with Crippen LogP contribution in [0.2, 0.25) is 0 Å². The molecule has 14 heteroatoms. The Morgan fingerprint density at radius 1 is 1.20 bits per heavy atom. The van der Waals surface area contributed by atoms with Crippen molar-refractivity contribution in [3.8, 4) is 0 Å². The van der Waals surface area contributed by atoms with E-state index in [1.807, 2.05) is 13.8 Å². The lowest BCUT2D eigenvalue weighted by molar-refractivity contribution is -0.130. The molecule has 2 heterocycles.